The third-order valence-corrected chi connectivity index (χ3v) is 4.10. The number of phenolic OH excluding ortho intramolecular Hbond substituents is 1. The normalized spacial score (nSPS) is 15.0. The molecule has 118 valence electrons. The van der Waals surface area contributed by atoms with Gasteiger partial charge in [-0.05, 0) is 35.4 Å². The SMILES string of the molecule is COc1ccc(N/C=C2\C(=O)NCc3cc(Br)ccc32)cc1O. The van der Waals surface area contributed by atoms with Gasteiger partial charge in [-0.3, -0.25) is 4.79 Å². The highest BCUT2D eigenvalue weighted by Gasteiger charge is 2.21. The van der Waals surface area contributed by atoms with Gasteiger partial charge in [-0.2, -0.15) is 0 Å². The lowest BCUT2D eigenvalue weighted by atomic mass is 9.96. The summed E-state index contributed by atoms with van der Waals surface area (Å²) < 4.78 is 5.98. The fourth-order valence-corrected chi connectivity index (χ4v) is 2.85. The summed E-state index contributed by atoms with van der Waals surface area (Å²) in [6, 6.07) is 10.8. The zero-order chi connectivity index (χ0) is 16.4. The number of halogens is 1. The van der Waals surface area contributed by atoms with Gasteiger partial charge in [-0.15, -0.1) is 0 Å². The van der Waals surface area contributed by atoms with Crippen LogP contribution in [0.2, 0.25) is 0 Å². The zero-order valence-corrected chi connectivity index (χ0v) is 14.0. The molecule has 0 radical (unpaired) electrons. The number of hydrogen-bond donors (Lipinski definition) is 3. The predicted octanol–water partition coefficient (Wildman–Crippen LogP) is 3.25. The van der Waals surface area contributed by atoms with Crippen LogP contribution in [0.25, 0.3) is 5.57 Å². The Kier molecular flexibility index (Phi) is 4.25. The number of anilines is 1. The maximum atomic E-state index is 12.1. The maximum absolute atomic E-state index is 12.1. The van der Waals surface area contributed by atoms with Gasteiger partial charge in [0.2, 0.25) is 0 Å². The molecule has 0 atom stereocenters. The van der Waals surface area contributed by atoms with Crippen LogP contribution >= 0.6 is 15.9 Å². The maximum Gasteiger partial charge on any atom is 0.253 e. The monoisotopic (exact) mass is 374 g/mol. The van der Waals surface area contributed by atoms with E-state index in [0.717, 1.165) is 15.6 Å². The largest absolute Gasteiger partial charge is 0.504 e. The molecule has 0 spiro atoms. The quantitative estimate of drug-likeness (QED) is 0.721. The van der Waals surface area contributed by atoms with E-state index in [4.69, 9.17) is 4.74 Å². The molecule has 0 saturated heterocycles. The predicted molar refractivity (Wildman–Crippen MR) is 92.2 cm³/mol. The van der Waals surface area contributed by atoms with Crippen molar-refractivity contribution in [1.82, 2.24) is 5.32 Å². The molecule has 6 heteroatoms. The highest BCUT2D eigenvalue weighted by atomic mass is 79.9. The Balaban J connectivity index is 1.90. The van der Waals surface area contributed by atoms with Crippen LogP contribution in [0.1, 0.15) is 11.1 Å². The molecule has 0 unspecified atom stereocenters. The molecule has 2 aromatic rings. The van der Waals surface area contributed by atoms with E-state index in [1.54, 1.807) is 24.4 Å². The molecule has 1 amide bonds. The van der Waals surface area contributed by atoms with E-state index in [9.17, 15) is 9.90 Å². The van der Waals surface area contributed by atoms with Crippen LogP contribution in [0.15, 0.2) is 47.1 Å². The first-order valence-electron chi connectivity index (χ1n) is 6.99. The van der Waals surface area contributed by atoms with Crippen molar-refractivity contribution in [2.45, 2.75) is 6.54 Å². The van der Waals surface area contributed by atoms with Crippen molar-refractivity contribution < 1.29 is 14.6 Å². The van der Waals surface area contributed by atoms with Crippen molar-refractivity contribution in [3.8, 4) is 11.5 Å². The lowest BCUT2D eigenvalue weighted by molar-refractivity contribution is -0.116. The summed E-state index contributed by atoms with van der Waals surface area (Å²) in [5, 5.41) is 15.7. The number of methoxy groups -OCH3 is 1. The van der Waals surface area contributed by atoms with Gasteiger partial charge < -0.3 is 20.5 Å². The highest BCUT2D eigenvalue weighted by molar-refractivity contribution is 9.10. The van der Waals surface area contributed by atoms with Crippen molar-refractivity contribution >= 4 is 33.1 Å². The minimum Gasteiger partial charge on any atom is -0.504 e. The van der Waals surface area contributed by atoms with Gasteiger partial charge in [-0.25, -0.2) is 0 Å². The standard InChI is InChI=1S/C17H15BrN2O3/c1-23-16-5-3-12(7-15(16)21)19-9-14-13-4-2-11(18)6-10(13)8-20-17(14)22/h2-7,9,19,21H,8H2,1H3,(H,20,22)/b14-9-. The van der Waals surface area contributed by atoms with Crippen molar-refractivity contribution in [2.75, 3.05) is 12.4 Å². The van der Waals surface area contributed by atoms with Crippen LogP contribution in [0, 0.1) is 0 Å². The molecular weight excluding hydrogens is 360 g/mol. The van der Waals surface area contributed by atoms with Crippen LogP contribution in [0.3, 0.4) is 0 Å². The van der Waals surface area contributed by atoms with E-state index in [1.807, 2.05) is 18.2 Å². The second kappa shape index (κ2) is 6.34. The fourth-order valence-electron chi connectivity index (χ4n) is 2.44. The van der Waals surface area contributed by atoms with Crippen molar-refractivity contribution in [2.24, 2.45) is 0 Å². The second-order valence-electron chi connectivity index (χ2n) is 5.07. The van der Waals surface area contributed by atoms with Gasteiger partial charge in [0.15, 0.2) is 11.5 Å². The molecule has 0 fully saturated rings. The Morgan fingerprint density at radius 2 is 2.13 bits per heavy atom. The number of phenols is 1. The highest BCUT2D eigenvalue weighted by Crippen LogP contribution is 2.30. The third kappa shape index (κ3) is 3.17. The molecule has 1 aliphatic heterocycles. The summed E-state index contributed by atoms with van der Waals surface area (Å²) in [5.74, 6) is 0.298. The zero-order valence-electron chi connectivity index (χ0n) is 12.4. The van der Waals surface area contributed by atoms with Crippen LogP contribution in [-0.2, 0) is 11.3 Å². The van der Waals surface area contributed by atoms with E-state index >= 15 is 0 Å². The summed E-state index contributed by atoms with van der Waals surface area (Å²) in [7, 11) is 1.49. The number of ether oxygens (including phenoxy) is 1. The number of fused-ring (bicyclic) bond motifs is 1. The van der Waals surface area contributed by atoms with Crippen molar-refractivity contribution in [1.29, 1.82) is 0 Å². The molecule has 3 rings (SSSR count). The lowest BCUT2D eigenvalue weighted by Gasteiger charge is -2.20. The topological polar surface area (TPSA) is 70.6 Å². The van der Waals surface area contributed by atoms with Crippen LogP contribution in [0.5, 0.6) is 11.5 Å². The summed E-state index contributed by atoms with van der Waals surface area (Å²) in [4.78, 5) is 12.1. The number of aromatic hydroxyl groups is 1. The number of amides is 1. The smallest absolute Gasteiger partial charge is 0.253 e. The number of carbonyl (C=O) groups is 1. The summed E-state index contributed by atoms with van der Waals surface area (Å²) in [6.07, 6.45) is 1.64. The first-order chi connectivity index (χ1) is 11.1. The molecule has 0 aliphatic carbocycles. The van der Waals surface area contributed by atoms with Gasteiger partial charge in [0.1, 0.15) is 0 Å². The van der Waals surface area contributed by atoms with E-state index in [-0.39, 0.29) is 11.7 Å². The van der Waals surface area contributed by atoms with E-state index in [1.165, 1.54) is 7.11 Å². The average molecular weight is 375 g/mol. The number of nitrogens with one attached hydrogen (secondary N) is 2. The molecule has 2 aromatic carbocycles. The third-order valence-electron chi connectivity index (χ3n) is 3.60. The number of benzene rings is 2. The number of hydrogen-bond acceptors (Lipinski definition) is 4. The second-order valence-corrected chi connectivity index (χ2v) is 5.99. The molecule has 23 heavy (non-hydrogen) atoms. The fraction of sp³-hybridized carbons (Fsp3) is 0.118. The molecule has 0 bridgehead atoms. The Morgan fingerprint density at radius 3 is 2.87 bits per heavy atom. The van der Waals surface area contributed by atoms with Crippen molar-refractivity contribution in [3.63, 3.8) is 0 Å². The van der Waals surface area contributed by atoms with Gasteiger partial charge in [-0.1, -0.05) is 22.0 Å². The molecule has 0 saturated carbocycles. The first-order valence-corrected chi connectivity index (χ1v) is 7.78. The average Bonchev–Trinajstić information content (AvgIpc) is 2.54. The molecular formula is C17H15BrN2O3. The van der Waals surface area contributed by atoms with Crippen LogP contribution in [-0.4, -0.2) is 18.1 Å². The van der Waals surface area contributed by atoms with Gasteiger partial charge >= 0.3 is 0 Å². The number of rotatable bonds is 3. The Labute approximate surface area is 142 Å². The van der Waals surface area contributed by atoms with E-state index in [2.05, 4.69) is 26.6 Å². The lowest BCUT2D eigenvalue weighted by Crippen LogP contribution is -2.29. The molecule has 0 aromatic heterocycles. The summed E-state index contributed by atoms with van der Waals surface area (Å²) in [5.41, 5.74) is 3.15. The van der Waals surface area contributed by atoms with E-state index < -0.39 is 0 Å². The minimum atomic E-state index is -0.134. The Morgan fingerprint density at radius 1 is 1.30 bits per heavy atom. The first kappa shape index (κ1) is 15.4. The molecule has 1 heterocycles. The Bertz CT molecular complexity index is 802. The van der Waals surface area contributed by atoms with Gasteiger partial charge in [0, 0.05) is 29.0 Å². The molecule has 1 aliphatic rings. The number of carbonyl (C=O) groups excluding carboxylic acids is 1. The van der Waals surface area contributed by atoms with Crippen molar-refractivity contribution in [3.05, 3.63) is 58.2 Å². The van der Waals surface area contributed by atoms with Gasteiger partial charge in [0.25, 0.3) is 5.91 Å². The molecule has 5 nitrogen and oxygen atoms in total. The Hall–Kier alpha value is -2.47. The summed E-state index contributed by atoms with van der Waals surface area (Å²) >= 11 is 3.44. The van der Waals surface area contributed by atoms with Crippen LogP contribution < -0.4 is 15.4 Å². The minimum absolute atomic E-state index is 0.0355. The summed E-state index contributed by atoms with van der Waals surface area (Å²) in [6.45, 7) is 0.508. The molecule has 3 N–H and O–H groups in total. The van der Waals surface area contributed by atoms with Crippen LogP contribution in [0.4, 0.5) is 5.69 Å². The van der Waals surface area contributed by atoms with E-state index in [0.29, 0.717) is 23.6 Å². The van der Waals surface area contributed by atoms with Gasteiger partial charge in [0.05, 0.1) is 12.7 Å².